The van der Waals surface area contributed by atoms with Crippen molar-refractivity contribution in [1.82, 2.24) is 0 Å². The minimum atomic E-state index is -0.888. The van der Waals surface area contributed by atoms with Crippen LogP contribution in [0.25, 0.3) is 0 Å². The summed E-state index contributed by atoms with van der Waals surface area (Å²) >= 11 is 0. The molecule has 1 aliphatic rings. The topological polar surface area (TPSA) is 61.8 Å². The molecule has 2 aromatic rings. The number of Topliss-reactive ketones (excluding diaryl/α,β-unsaturated/α-hetero) is 1. The highest BCUT2D eigenvalue weighted by atomic mass is 16.6. The predicted octanol–water partition coefficient (Wildman–Crippen LogP) is 2.95. The number of fused-ring (bicyclic) bond motifs is 1. The van der Waals surface area contributed by atoms with Crippen molar-refractivity contribution in [2.24, 2.45) is 0 Å². The number of esters is 1. The molecule has 3 rings (SSSR count). The van der Waals surface area contributed by atoms with E-state index in [9.17, 15) is 9.59 Å². The van der Waals surface area contributed by atoms with Crippen LogP contribution >= 0.6 is 0 Å². The number of carbonyl (C=O) groups excluding carboxylic acids is 2. The number of ether oxygens (including phenoxy) is 3. The number of benzene rings is 2. The molecule has 1 heterocycles. The Balaban J connectivity index is 1.62. The van der Waals surface area contributed by atoms with Crippen molar-refractivity contribution in [1.29, 1.82) is 0 Å². The van der Waals surface area contributed by atoms with Gasteiger partial charge in [0.25, 0.3) is 0 Å². The lowest BCUT2D eigenvalue weighted by Crippen LogP contribution is -2.40. The van der Waals surface area contributed by atoms with Crippen molar-refractivity contribution in [3.05, 3.63) is 59.7 Å². The lowest BCUT2D eigenvalue weighted by Gasteiger charge is -2.25. The van der Waals surface area contributed by atoms with Crippen LogP contribution in [0, 0.1) is 6.92 Å². The molecule has 0 amide bonds. The summed E-state index contributed by atoms with van der Waals surface area (Å²) in [6, 6.07) is 14.2. The summed E-state index contributed by atoms with van der Waals surface area (Å²) in [5, 5.41) is 0. The molecule has 1 aliphatic heterocycles. The van der Waals surface area contributed by atoms with Gasteiger partial charge in [0.15, 0.2) is 17.6 Å². The van der Waals surface area contributed by atoms with Gasteiger partial charge in [-0.15, -0.1) is 0 Å². The standard InChI is InChI=1S/C19H18O5/c1-12-7-9-14(10-8-12)18(20)13(2)23-19(21)17-11-22-15-5-3-4-6-16(15)24-17/h3-10,13,17H,11H2,1-2H3/t13-,17-/m0/s1. The van der Waals surface area contributed by atoms with E-state index in [4.69, 9.17) is 14.2 Å². The Bertz CT molecular complexity index is 751. The van der Waals surface area contributed by atoms with Crippen LogP contribution in [-0.4, -0.2) is 30.6 Å². The Kier molecular flexibility index (Phi) is 4.51. The summed E-state index contributed by atoms with van der Waals surface area (Å²) in [6.45, 7) is 3.55. The lowest BCUT2D eigenvalue weighted by molar-refractivity contribution is -0.157. The normalized spacial score (nSPS) is 17.0. The van der Waals surface area contributed by atoms with E-state index in [1.165, 1.54) is 0 Å². The molecule has 0 aliphatic carbocycles. The van der Waals surface area contributed by atoms with Crippen LogP contribution in [-0.2, 0) is 9.53 Å². The van der Waals surface area contributed by atoms with Crippen LogP contribution in [0.2, 0.25) is 0 Å². The minimum absolute atomic E-state index is 0.0568. The van der Waals surface area contributed by atoms with Gasteiger partial charge in [0.1, 0.15) is 6.61 Å². The molecule has 0 saturated carbocycles. The van der Waals surface area contributed by atoms with Crippen molar-refractivity contribution in [2.45, 2.75) is 26.1 Å². The van der Waals surface area contributed by atoms with Gasteiger partial charge in [-0.1, -0.05) is 42.0 Å². The van der Waals surface area contributed by atoms with Gasteiger partial charge in [0.05, 0.1) is 0 Å². The zero-order chi connectivity index (χ0) is 17.1. The second-order valence-electron chi connectivity index (χ2n) is 5.67. The maximum Gasteiger partial charge on any atom is 0.351 e. The largest absolute Gasteiger partial charge is 0.485 e. The maximum absolute atomic E-state index is 12.3. The molecule has 0 N–H and O–H groups in total. The monoisotopic (exact) mass is 326 g/mol. The summed E-state index contributed by atoms with van der Waals surface area (Å²) < 4.78 is 16.3. The number of ketones is 1. The highest BCUT2D eigenvalue weighted by Crippen LogP contribution is 2.31. The van der Waals surface area contributed by atoms with Gasteiger partial charge in [0.2, 0.25) is 11.9 Å². The molecule has 0 bridgehead atoms. The molecule has 2 atom stereocenters. The average Bonchev–Trinajstić information content (AvgIpc) is 2.61. The Morgan fingerprint density at radius 3 is 2.46 bits per heavy atom. The molecule has 24 heavy (non-hydrogen) atoms. The van der Waals surface area contributed by atoms with Crippen molar-refractivity contribution >= 4 is 11.8 Å². The lowest BCUT2D eigenvalue weighted by atomic mass is 10.1. The van der Waals surface area contributed by atoms with E-state index in [0.29, 0.717) is 17.1 Å². The van der Waals surface area contributed by atoms with Gasteiger partial charge >= 0.3 is 5.97 Å². The Morgan fingerprint density at radius 1 is 1.08 bits per heavy atom. The molecule has 0 radical (unpaired) electrons. The van der Waals surface area contributed by atoms with Crippen LogP contribution in [0.1, 0.15) is 22.8 Å². The summed E-state index contributed by atoms with van der Waals surface area (Å²) in [5.74, 6) is 0.214. The highest BCUT2D eigenvalue weighted by Gasteiger charge is 2.31. The van der Waals surface area contributed by atoms with Crippen molar-refractivity contribution < 1.29 is 23.8 Å². The Labute approximate surface area is 140 Å². The zero-order valence-electron chi connectivity index (χ0n) is 13.5. The molecule has 2 aromatic carbocycles. The Morgan fingerprint density at radius 2 is 1.75 bits per heavy atom. The first-order valence-electron chi connectivity index (χ1n) is 7.74. The van der Waals surface area contributed by atoms with Gasteiger partial charge in [0, 0.05) is 5.56 Å². The van der Waals surface area contributed by atoms with Gasteiger partial charge < -0.3 is 14.2 Å². The van der Waals surface area contributed by atoms with E-state index in [2.05, 4.69) is 0 Å². The van der Waals surface area contributed by atoms with E-state index in [-0.39, 0.29) is 12.4 Å². The number of para-hydroxylation sites is 2. The number of carbonyl (C=O) groups is 2. The fraction of sp³-hybridized carbons (Fsp3) is 0.263. The van der Waals surface area contributed by atoms with Crippen molar-refractivity contribution in [3.8, 4) is 11.5 Å². The first-order valence-corrected chi connectivity index (χ1v) is 7.74. The first-order chi connectivity index (χ1) is 11.5. The third-order valence-electron chi connectivity index (χ3n) is 3.77. The number of hydrogen-bond acceptors (Lipinski definition) is 5. The van der Waals surface area contributed by atoms with E-state index >= 15 is 0 Å². The second-order valence-corrected chi connectivity index (χ2v) is 5.67. The van der Waals surface area contributed by atoms with Crippen LogP contribution in [0.5, 0.6) is 11.5 Å². The summed E-state index contributed by atoms with van der Waals surface area (Å²) in [7, 11) is 0. The first kappa shape index (κ1) is 16.1. The van der Waals surface area contributed by atoms with Gasteiger partial charge in [-0.3, -0.25) is 4.79 Å². The number of rotatable bonds is 4. The average molecular weight is 326 g/mol. The predicted molar refractivity (Wildman–Crippen MR) is 87.4 cm³/mol. The van der Waals surface area contributed by atoms with Crippen molar-refractivity contribution in [3.63, 3.8) is 0 Å². The third kappa shape index (κ3) is 3.40. The highest BCUT2D eigenvalue weighted by molar-refractivity contribution is 6.00. The molecule has 5 heteroatoms. The number of aryl methyl sites for hydroxylation is 1. The van der Waals surface area contributed by atoms with Crippen LogP contribution in [0.15, 0.2) is 48.5 Å². The smallest absolute Gasteiger partial charge is 0.351 e. The van der Waals surface area contributed by atoms with E-state index in [0.717, 1.165) is 5.56 Å². The SMILES string of the molecule is Cc1ccc(C(=O)[C@H](C)OC(=O)[C@@H]2COc3ccccc3O2)cc1. The van der Waals surface area contributed by atoms with E-state index < -0.39 is 18.2 Å². The summed E-state index contributed by atoms with van der Waals surface area (Å²) in [5.41, 5.74) is 1.56. The third-order valence-corrected chi connectivity index (χ3v) is 3.77. The van der Waals surface area contributed by atoms with Crippen LogP contribution in [0.4, 0.5) is 0 Å². The minimum Gasteiger partial charge on any atom is -0.485 e. The zero-order valence-corrected chi connectivity index (χ0v) is 13.5. The quantitative estimate of drug-likeness (QED) is 0.638. The summed E-state index contributed by atoms with van der Waals surface area (Å²) in [6.07, 6.45) is -1.77. The molecule has 0 fully saturated rings. The molecular formula is C19H18O5. The second kappa shape index (κ2) is 6.74. The maximum atomic E-state index is 12.3. The van der Waals surface area contributed by atoms with Crippen molar-refractivity contribution in [2.75, 3.05) is 6.61 Å². The molecule has 0 aromatic heterocycles. The molecule has 124 valence electrons. The molecule has 0 unspecified atom stereocenters. The van der Waals surface area contributed by atoms with Gasteiger partial charge in [-0.25, -0.2) is 4.79 Å². The van der Waals surface area contributed by atoms with E-state index in [1.54, 1.807) is 37.3 Å². The molecule has 5 nitrogen and oxygen atoms in total. The molecule has 0 spiro atoms. The fourth-order valence-corrected chi connectivity index (χ4v) is 2.39. The van der Waals surface area contributed by atoms with Gasteiger partial charge in [-0.2, -0.15) is 0 Å². The van der Waals surface area contributed by atoms with Crippen LogP contribution in [0.3, 0.4) is 0 Å². The Hall–Kier alpha value is -2.82. The van der Waals surface area contributed by atoms with E-state index in [1.807, 2.05) is 25.1 Å². The summed E-state index contributed by atoms with van der Waals surface area (Å²) in [4.78, 5) is 24.6. The van der Waals surface area contributed by atoms with Gasteiger partial charge in [-0.05, 0) is 26.0 Å². The molecular weight excluding hydrogens is 308 g/mol. The fourth-order valence-electron chi connectivity index (χ4n) is 2.39. The van der Waals surface area contributed by atoms with Crippen LogP contribution < -0.4 is 9.47 Å². The molecule has 0 saturated heterocycles. The number of hydrogen-bond donors (Lipinski definition) is 0.